The smallest absolute Gasteiger partial charge is 0.366 e. The van der Waals surface area contributed by atoms with Crippen molar-refractivity contribution in [3.63, 3.8) is 0 Å². The lowest BCUT2D eigenvalue weighted by Gasteiger charge is -2.18. The second-order valence-corrected chi connectivity index (χ2v) is 6.95. The number of rotatable bonds is 5. The Bertz CT molecular complexity index is 604. The van der Waals surface area contributed by atoms with E-state index in [1.165, 1.54) is 30.3 Å². The van der Waals surface area contributed by atoms with Crippen LogP contribution in [0, 0.1) is 0 Å². The van der Waals surface area contributed by atoms with E-state index in [9.17, 15) is 21.6 Å². The SMILES string of the molecule is CNS(=O)(=O)c1ccc(NC2CCN(CC(F)(F)F)C2)nc1. The molecular formula is C12H17F3N4O2S. The lowest BCUT2D eigenvalue weighted by molar-refractivity contribution is -0.143. The molecular weight excluding hydrogens is 321 g/mol. The van der Waals surface area contributed by atoms with Gasteiger partial charge in [-0.2, -0.15) is 13.2 Å². The van der Waals surface area contributed by atoms with Gasteiger partial charge in [0.2, 0.25) is 10.0 Å². The largest absolute Gasteiger partial charge is 0.401 e. The number of likely N-dealkylation sites (tertiary alicyclic amines) is 1. The normalized spacial score (nSPS) is 20.3. The first-order chi connectivity index (χ1) is 10.2. The molecule has 1 fully saturated rings. The number of hydrogen-bond acceptors (Lipinski definition) is 5. The van der Waals surface area contributed by atoms with Crippen molar-refractivity contribution in [2.75, 3.05) is 32.0 Å². The zero-order chi connectivity index (χ0) is 16.4. The van der Waals surface area contributed by atoms with Crippen molar-refractivity contribution >= 4 is 15.8 Å². The Balaban J connectivity index is 1.93. The van der Waals surface area contributed by atoms with Gasteiger partial charge in [0.05, 0.1) is 6.54 Å². The van der Waals surface area contributed by atoms with Gasteiger partial charge in [-0.1, -0.05) is 0 Å². The molecule has 0 saturated carbocycles. The molecule has 1 aliphatic rings. The Labute approximate surface area is 126 Å². The molecule has 2 N–H and O–H groups in total. The summed E-state index contributed by atoms with van der Waals surface area (Å²) in [7, 11) is -2.24. The van der Waals surface area contributed by atoms with Crippen LogP contribution in [0.3, 0.4) is 0 Å². The zero-order valence-electron chi connectivity index (χ0n) is 11.9. The number of pyridine rings is 1. The van der Waals surface area contributed by atoms with Crippen molar-refractivity contribution in [3.05, 3.63) is 18.3 Å². The monoisotopic (exact) mass is 338 g/mol. The number of halogens is 3. The number of hydrogen-bond donors (Lipinski definition) is 2. The molecule has 6 nitrogen and oxygen atoms in total. The fourth-order valence-electron chi connectivity index (χ4n) is 2.30. The molecule has 1 aliphatic heterocycles. The van der Waals surface area contributed by atoms with Crippen molar-refractivity contribution in [2.45, 2.75) is 23.5 Å². The van der Waals surface area contributed by atoms with E-state index in [-0.39, 0.29) is 17.5 Å². The molecule has 0 aliphatic carbocycles. The molecule has 1 saturated heterocycles. The number of sulfonamides is 1. The van der Waals surface area contributed by atoms with E-state index < -0.39 is 22.7 Å². The van der Waals surface area contributed by atoms with E-state index in [0.29, 0.717) is 18.8 Å². The minimum atomic E-state index is -4.20. The third-order valence-electron chi connectivity index (χ3n) is 3.34. The maximum atomic E-state index is 12.3. The van der Waals surface area contributed by atoms with Gasteiger partial charge in [-0.15, -0.1) is 0 Å². The Morgan fingerprint density at radius 2 is 2.14 bits per heavy atom. The van der Waals surface area contributed by atoms with Crippen molar-refractivity contribution in [3.8, 4) is 0 Å². The summed E-state index contributed by atoms with van der Waals surface area (Å²) >= 11 is 0. The first-order valence-electron chi connectivity index (χ1n) is 6.65. The molecule has 10 heteroatoms. The molecule has 1 unspecified atom stereocenters. The third kappa shape index (κ3) is 4.55. The average molecular weight is 338 g/mol. The summed E-state index contributed by atoms with van der Waals surface area (Å²) in [5.41, 5.74) is 0. The minimum absolute atomic E-state index is 0.0330. The molecule has 0 aromatic carbocycles. The lowest BCUT2D eigenvalue weighted by atomic mass is 10.2. The molecule has 0 bridgehead atoms. The van der Waals surface area contributed by atoms with Crippen LogP contribution in [-0.4, -0.2) is 57.2 Å². The van der Waals surface area contributed by atoms with Crippen LogP contribution in [0.4, 0.5) is 19.0 Å². The Hall–Kier alpha value is -1.39. The standard InChI is InChI=1S/C12H17F3N4O2S/c1-16-22(20,21)10-2-3-11(17-6-10)18-9-4-5-19(7-9)8-12(13,14)15/h2-3,6,9,16H,4-5,7-8H2,1H3,(H,17,18). The van der Waals surface area contributed by atoms with Gasteiger partial charge in [-0.3, -0.25) is 4.90 Å². The summed E-state index contributed by atoms with van der Waals surface area (Å²) in [5, 5.41) is 3.02. The number of aromatic nitrogens is 1. The molecule has 1 aromatic heterocycles. The van der Waals surface area contributed by atoms with Gasteiger partial charge in [0.1, 0.15) is 10.7 Å². The van der Waals surface area contributed by atoms with E-state index in [2.05, 4.69) is 15.0 Å². The van der Waals surface area contributed by atoms with E-state index in [4.69, 9.17) is 0 Å². The summed E-state index contributed by atoms with van der Waals surface area (Å²) in [5.74, 6) is 0.439. The molecule has 0 spiro atoms. The highest BCUT2D eigenvalue weighted by Crippen LogP contribution is 2.21. The molecule has 2 heterocycles. The van der Waals surface area contributed by atoms with Gasteiger partial charge in [0.15, 0.2) is 0 Å². The molecule has 22 heavy (non-hydrogen) atoms. The van der Waals surface area contributed by atoms with Gasteiger partial charge in [-0.25, -0.2) is 18.1 Å². The second kappa shape index (κ2) is 6.39. The van der Waals surface area contributed by atoms with Crippen LogP contribution >= 0.6 is 0 Å². The number of nitrogens with one attached hydrogen (secondary N) is 2. The minimum Gasteiger partial charge on any atom is -0.366 e. The lowest BCUT2D eigenvalue weighted by Crippen LogP contribution is -2.34. The number of nitrogens with zero attached hydrogens (tertiary/aromatic N) is 2. The van der Waals surface area contributed by atoms with Crippen LogP contribution in [0.15, 0.2) is 23.2 Å². The van der Waals surface area contributed by atoms with Crippen LogP contribution in [0.1, 0.15) is 6.42 Å². The first kappa shape index (κ1) is 17.0. The van der Waals surface area contributed by atoms with Gasteiger partial charge in [-0.05, 0) is 25.6 Å². The number of anilines is 1. The van der Waals surface area contributed by atoms with Crippen LogP contribution in [0.5, 0.6) is 0 Å². The summed E-state index contributed by atoms with van der Waals surface area (Å²) in [4.78, 5) is 5.35. The van der Waals surface area contributed by atoms with Gasteiger partial charge in [0, 0.05) is 25.3 Å². The highest BCUT2D eigenvalue weighted by atomic mass is 32.2. The first-order valence-corrected chi connectivity index (χ1v) is 8.13. The van der Waals surface area contributed by atoms with Gasteiger partial charge < -0.3 is 5.32 Å². The van der Waals surface area contributed by atoms with Crippen LogP contribution < -0.4 is 10.0 Å². The predicted molar refractivity (Wildman–Crippen MR) is 75.0 cm³/mol. The fourth-order valence-corrected chi connectivity index (χ4v) is 2.97. The summed E-state index contributed by atoms with van der Waals surface area (Å²) in [6.07, 6.45) is -2.42. The summed E-state index contributed by atoms with van der Waals surface area (Å²) in [6, 6.07) is 2.75. The van der Waals surface area contributed by atoms with Crippen molar-refractivity contribution in [1.29, 1.82) is 0 Å². The third-order valence-corrected chi connectivity index (χ3v) is 4.74. The van der Waals surface area contributed by atoms with Crippen molar-refractivity contribution in [2.24, 2.45) is 0 Å². The molecule has 0 radical (unpaired) electrons. The average Bonchev–Trinajstić information content (AvgIpc) is 2.84. The maximum absolute atomic E-state index is 12.3. The molecule has 2 rings (SSSR count). The molecule has 1 aromatic rings. The Morgan fingerprint density at radius 3 is 2.68 bits per heavy atom. The van der Waals surface area contributed by atoms with Crippen LogP contribution in [-0.2, 0) is 10.0 Å². The Kier molecular flexibility index (Phi) is 4.93. The van der Waals surface area contributed by atoms with E-state index in [1.54, 1.807) is 0 Å². The quantitative estimate of drug-likeness (QED) is 0.839. The zero-order valence-corrected chi connectivity index (χ0v) is 12.7. The van der Waals surface area contributed by atoms with E-state index >= 15 is 0 Å². The second-order valence-electron chi connectivity index (χ2n) is 5.07. The molecule has 124 valence electrons. The van der Waals surface area contributed by atoms with E-state index in [0.717, 1.165) is 0 Å². The predicted octanol–water partition coefficient (Wildman–Crippen LogP) is 1.04. The van der Waals surface area contributed by atoms with E-state index in [1.807, 2.05) is 0 Å². The van der Waals surface area contributed by atoms with Crippen LogP contribution in [0.2, 0.25) is 0 Å². The summed E-state index contributed by atoms with van der Waals surface area (Å²) < 4.78 is 62.2. The van der Waals surface area contributed by atoms with Gasteiger partial charge >= 0.3 is 6.18 Å². The highest BCUT2D eigenvalue weighted by molar-refractivity contribution is 7.89. The molecule has 0 amide bonds. The topological polar surface area (TPSA) is 74.3 Å². The van der Waals surface area contributed by atoms with Crippen LogP contribution in [0.25, 0.3) is 0 Å². The highest BCUT2D eigenvalue weighted by Gasteiger charge is 2.34. The Morgan fingerprint density at radius 1 is 1.41 bits per heavy atom. The van der Waals surface area contributed by atoms with Gasteiger partial charge in [0.25, 0.3) is 0 Å². The maximum Gasteiger partial charge on any atom is 0.401 e. The van der Waals surface area contributed by atoms with Crippen molar-refractivity contribution < 1.29 is 21.6 Å². The van der Waals surface area contributed by atoms with Crippen molar-refractivity contribution in [1.82, 2.24) is 14.6 Å². The fraction of sp³-hybridized carbons (Fsp3) is 0.583. The summed E-state index contributed by atoms with van der Waals surface area (Å²) in [6.45, 7) is -0.279. The molecule has 1 atom stereocenters. The number of alkyl halides is 3.